The van der Waals surface area contributed by atoms with Gasteiger partial charge in [-0.2, -0.15) is 4.31 Å². The van der Waals surface area contributed by atoms with Crippen LogP contribution in [0.1, 0.15) is 12.0 Å². The van der Waals surface area contributed by atoms with E-state index in [9.17, 15) is 16.8 Å². The first kappa shape index (κ1) is 16.4. The number of aliphatic hydroxyl groups is 1. The van der Waals surface area contributed by atoms with E-state index in [-0.39, 0.29) is 36.0 Å². The number of aliphatic hydroxyl groups excluding tert-OH is 1. The van der Waals surface area contributed by atoms with Crippen molar-refractivity contribution in [2.45, 2.75) is 24.3 Å². The van der Waals surface area contributed by atoms with Crippen LogP contribution in [-0.4, -0.2) is 56.9 Å². The molecule has 0 saturated carbocycles. The lowest BCUT2D eigenvalue weighted by Gasteiger charge is -2.27. The fourth-order valence-corrected chi connectivity index (χ4v) is 6.27. The van der Waals surface area contributed by atoms with E-state index < -0.39 is 25.9 Å². The molecule has 1 N–H and O–H groups in total. The molecule has 0 amide bonds. The lowest BCUT2D eigenvalue weighted by molar-refractivity contribution is 0.232. The Morgan fingerprint density at radius 1 is 1.33 bits per heavy atom. The molecule has 1 aromatic carbocycles. The Morgan fingerprint density at radius 2 is 2.00 bits per heavy atom. The van der Waals surface area contributed by atoms with E-state index in [1.807, 2.05) is 0 Å². The van der Waals surface area contributed by atoms with Gasteiger partial charge in [-0.05, 0) is 25.0 Å². The average Bonchev–Trinajstić information content (AvgIpc) is 2.76. The van der Waals surface area contributed by atoms with Gasteiger partial charge >= 0.3 is 0 Å². The van der Waals surface area contributed by atoms with Crippen LogP contribution in [0.3, 0.4) is 0 Å². The number of aryl methyl sites for hydroxylation is 1. The number of hydrogen-bond donors (Lipinski definition) is 1. The van der Waals surface area contributed by atoms with Gasteiger partial charge in [-0.1, -0.05) is 18.2 Å². The molecule has 1 heterocycles. The Morgan fingerprint density at radius 3 is 2.52 bits per heavy atom. The average molecular weight is 333 g/mol. The largest absolute Gasteiger partial charge is 0.395 e. The van der Waals surface area contributed by atoms with Gasteiger partial charge in [0.25, 0.3) is 0 Å². The van der Waals surface area contributed by atoms with Crippen molar-refractivity contribution < 1.29 is 21.9 Å². The Hall–Kier alpha value is -0.960. The summed E-state index contributed by atoms with van der Waals surface area (Å²) in [4.78, 5) is 0.155. The maximum atomic E-state index is 12.8. The molecule has 118 valence electrons. The summed E-state index contributed by atoms with van der Waals surface area (Å²) in [5, 5.41) is 9.15. The molecule has 2 rings (SSSR count). The van der Waals surface area contributed by atoms with E-state index in [1.165, 1.54) is 6.07 Å². The molecule has 1 atom stereocenters. The van der Waals surface area contributed by atoms with Crippen molar-refractivity contribution in [1.82, 2.24) is 4.31 Å². The van der Waals surface area contributed by atoms with Crippen molar-refractivity contribution in [2.75, 3.05) is 24.7 Å². The van der Waals surface area contributed by atoms with Crippen LogP contribution in [-0.2, 0) is 19.9 Å². The third-order valence-corrected chi connectivity index (χ3v) is 7.48. The normalized spacial score (nSPS) is 21.8. The maximum absolute atomic E-state index is 12.8. The summed E-state index contributed by atoms with van der Waals surface area (Å²) in [6.45, 7) is 1.24. The quantitative estimate of drug-likeness (QED) is 0.829. The standard InChI is InChI=1S/C13H19NO5S2/c1-11-4-2-3-5-13(11)21(18,19)14(7-8-15)12-6-9-20(16,17)10-12/h2-5,12,15H,6-10H2,1H3. The second-order valence-corrected chi connectivity index (χ2v) is 9.25. The Labute approximate surface area is 125 Å². The molecule has 1 fully saturated rings. The smallest absolute Gasteiger partial charge is 0.243 e. The molecule has 8 heteroatoms. The Balaban J connectivity index is 2.40. The Kier molecular flexibility index (Phi) is 4.72. The van der Waals surface area contributed by atoms with Crippen molar-refractivity contribution in [3.63, 3.8) is 0 Å². The predicted molar refractivity (Wildman–Crippen MR) is 79.2 cm³/mol. The van der Waals surface area contributed by atoms with Crippen LogP contribution in [0.4, 0.5) is 0 Å². The van der Waals surface area contributed by atoms with E-state index in [0.717, 1.165) is 4.31 Å². The first-order valence-electron chi connectivity index (χ1n) is 6.67. The number of sulfone groups is 1. The second kappa shape index (κ2) is 6.04. The van der Waals surface area contributed by atoms with Crippen LogP contribution >= 0.6 is 0 Å². The van der Waals surface area contributed by atoms with Gasteiger partial charge in [-0.3, -0.25) is 0 Å². The van der Waals surface area contributed by atoms with Crippen molar-refractivity contribution >= 4 is 19.9 Å². The molecule has 1 saturated heterocycles. The van der Waals surface area contributed by atoms with Gasteiger partial charge in [0.1, 0.15) is 0 Å². The van der Waals surface area contributed by atoms with Gasteiger partial charge in [-0.15, -0.1) is 0 Å². The second-order valence-electron chi connectivity index (χ2n) is 5.16. The monoisotopic (exact) mass is 333 g/mol. The van der Waals surface area contributed by atoms with E-state index >= 15 is 0 Å². The summed E-state index contributed by atoms with van der Waals surface area (Å²) in [6.07, 6.45) is 0.271. The summed E-state index contributed by atoms with van der Waals surface area (Å²) >= 11 is 0. The van der Waals surface area contributed by atoms with Crippen molar-refractivity contribution in [1.29, 1.82) is 0 Å². The molecule has 21 heavy (non-hydrogen) atoms. The number of hydrogen-bond acceptors (Lipinski definition) is 5. The SMILES string of the molecule is Cc1ccccc1S(=O)(=O)N(CCO)C1CCS(=O)(=O)C1. The third kappa shape index (κ3) is 3.45. The Bertz CT molecular complexity index is 712. The zero-order valence-electron chi connectivity index (χ0n) is 11.8. The highest BCUT2D eigenvalue weighted by Crippen LogP contribution is 2.26. The predicted octanol–water partition coefficient (Wildman–Crippen LogP) is 0.165. The lowest BCUT2D eigenvalue weighted by Crippen LogP contribution is -2.42. The molecule has 1 aliphatic rings. The van der Waals surface area contributed by atoms with Gasteiger partial charge in [-0.25, -0.2) is 16.8 Å². The molecule has 1 unspecified atom stereocenters. The molecule has 0 radical (unpaired) electrons. The highest BCUT2D eigenvalue weighted by atomic mass is 32.2. The van der Waals surface area contributed by atoms with E-state index in [2.05, 4.69) is 0 Å². The number of rotatable bonds is 5. The molecule has 0 bridgehead atoms. The minimum atomic E-state index is -3.82. The van der Waals surface area contributed by atoms with Gasteiger partial charge in [0.15, 0.2) is 9.84 Å². The first-order chi connectivity index (χ1) is 9.78. The zero-order chi connectivity index (χ0) is 15.7. The van der Waals surface area contributed by atoms with Crippen LogP contribution in [0, 0.1) is 6.92 Å². The topological polar surface area (TPSA) is 91.8 Å². The van der Waals surface area contributed by atoms with Gasteiger partial charge in [0, 0.05) is 12.6 Å². The molecular weight excluding hydrogens is 314 g/mol. The van der Waals surface area contributed by atoms with Crippen molar-refractivity contribution in [2.24, 2.45) is 0 Å². The molecule has 6 nitrogen and oxygen atoms in total. The molecule has 0 aliphatic carbocycles. The molecular formula is C13H19NO5S2. The van der Waals surface area contributed by atoms with E-state index in [4.69, 9.17) is 5.11 Å². The summed E-state index contributed by atoms with van der Waals surface area (Å²) < 4.78 is 49.8. The van der Waals surface area contributed by atoms with Crippen molar-refractivity contribution in [3.8, 4) is 0 Å². The number of sulfonamides is 1. The minimum Gasteiger partial charge on any atom is -0.395 e. The summed E-state index contributed by atoms with van der Waals surface area (Å²) in [7, 11) is -7.02. The third-order valence-electron chi connectivity index (χ3n) is 3.62. The fourth-order valence-electron chi connectivity index (χ4n) is 2.57. The van der Waals surface area contributed by atoms with E-state index in [0.29, 0.717) is 5.56 Å². The highest BCUT2D eigenvalue weighted by Gasteiger charge is 2.38. The van der Waals surface area contributed by atoms with E-state index in [1.54, 1.807) is 25.1 Å². The summed E-state index contributed by atoms with van der Waals surface area (Å²) in [5.41, 5.74) is 0.598. The van der Waals surface area contributed by atoms with Crippen LogP contribution in [0.2, 0.25) is 0 Å². The van der Waals surface area contributed by atoms with Crippen LogP contribution in [0.15, 0.2) is 29.2 Å². The van der Waals surface area contributed by atoms with Crippen LogP contribution in [0.5, 0.6) is 0 Å². The van der Waals surface area contributed by atoms with Crippen molar-refractivity contribution in [3.05, 3.63) is 29.8 Å². The molecule has 1 aromatic rings. The van der Waals surface area contributed by atoms with Gasteiger partial charge in [0.05, 0.1) is 23.0 Å². The van der Waals surface area contributed by atoms with Gasteiger partial charge < -0.3 is 5.11 Å². The lowest BCUT2D eigenvalue weighted by atomic mass is 10.2. The summed E-state index contributed by atoms with van der Waals surface area (Å²) in [6, 6.07) is 5.95. The first-order valence-corrected chi connectivity index (χ1v) is 9.93. The molecule has 1 aliphatic heterocycles. The highest BCUT2D eigenvalue weighted by molar-refractivity contribution is 7.92. The number of benzene rings is 1. The fraction of sp³-hybridized carbons (Fsp3) is 0.538. The number of nitrogens with zero attached hydrogens (tertiary/aromatic N) is 1. The molecule has 0 spiro atoms. The zero-order valence-corrected chi connectivity index (χ0v) is 13.4. The van der Waals surface area contributed by atoms with Gasteiger partial charge in [0.2, 0.25) is 10.0 Å². The maximum Gasteiger partial charge on any atom is 0.243 e. The minimum absolute atomic E-state index is 0.0110. The summed E-state index contributed by atoms with van der Waals surface area (Å²) in [5.74, 6) is -0.193. The molecule has 0 aromatic heterocycles. The van der Waals surface area contributed by atoms with Crippen LogP contribution < -0.4 is 0 Å². The van der Waals surface area contributed by atoms with Crippen LogP contribution in [0.25, 0.3) is 0 Å².